The molecule has 1 heterocycles. The van der Waals surface area contributed by atoms with Crippen molar-refractivity contribution >= 4 is 34.3 Å². The van der Waals surface area contributed by atoms with E-state index in [0.717, 1.165) is 5.75 Å². The maximum Gasteiger partial charge on any atom is 0.329 e. The number of rotatable bonds is 2. The summed E-state index contributed by atoms with van der Waals surface area (Å²) in [6.45, 7) is 5.58. The van der Waals surface area contributed by atoms with Gasteiger partial charge in [-0.05, 0) is 18.1 Å². The van der Waals surface area contributed by atoms with E-state index in [1.54, 1.807) is 16.8 Å². The normalized spacial score (nSPS) is 22.6. The van der Waals surface area contributed by atoms with E-state index in [-0.39, 0.29) is 12.0 Å². The van der Waals surface area contributed by atoms with Crippen LogP contribution in [-0.2, 0) is 9.63 Å². The van der Waals surface area contributed by atoms with Gasteiger partial charge in [0.15, 0.2) is 4.32 Å². The minimum absolute atomic E-state index is 0.224. The largest absolute Gasteiger partial charge is 0.340 e. The average molecular weight is 219 g/mol. The third-order valence-electron chi connectivity index (χ3n) is 1.86. The lowest BCUT2D eigenvalue weighted by atomic mass is 10.1. The average Bonchev–Trinajstić information content (AvgIpc) is 2.32. The highest BCUT2D eigenvalue weighted by atomic mass is 32.2. The van der Waals surface area contributed by atoms with Crippen LogP contribution in [0.25, 0.3) is 0 Å². The fourth-order valence-electron chi connectivity index (χ4n) is 1.13. The van der Waals surface area contributed by atoms with Gasteiger partial charge >= 0.3 is 5.97 Å². The third kappa shape index (κ3) is 2.57. The first-order chi connectivity index (χ1) is 6.02. The van der Waals surface area contributed by atoms with Gasteiger partial charge in [0.2, 0.25) is 0 Å². The van der Waals surface area contributed by atoms with Crippen LogP contribution in [0, 0.1) is 5.92 Å². The predicted octanol–water partition coefficient (Wildman–Crippen LogP) is 1.82. The van der Waals surface area contributed by atoms with Crippen LogP contribution in [0.4, 0.5) is 0 Å². The minimum atomic E-state index is -0.310. The molecule has 0 aromatic carbocycles. The number of thiocarbonyl (C=S) groups is 1. The van der Waals surface area contributed by atoms with Gasteiger partial charge in [-0.25, -0.2) is 0 Å². The highest BCUT2D eigenvalue weighted by Gasteiger charge is 2.33. The first kappa shape index (κ1) is 10.8. The number of nitrogens with zero attached hydrogens (tertiary/aromatic N) is 1. The Morgan fingerprint density at radius 3 is 2.85 bits per heavy atom. The van der Waals surface area contributed by atoms with E-state index in [9.17, 15) is 4.79 Å². The summed E-state index contributed by atoms with van der Waals surface area (Å²) in [6, 6.07) is 0.224. The Kier molecular flexibility index (Phi) is 3.55. The van der Waals surface area contributed by atoms with Gasteiger partial charge in [0.05, 0.1) is 6.04 Å². The number of carbonyl (C=O) groups is 1. The fourth-order valence-corrected chi connectivity index (χ4v) is 2.64. The molecule has 0 amide bonds. The van der Waals surface area contributed by atoms with E-state index in [1.165, 1.54) is 6.92 Å². The van der Waals surface area contributed by atoms with Gasteiger partial charge in [-0.15, -0.1) is 0 Å². The van der Waals surface area contributed by atoms with Gasteiger partial charge in [-0.3, -0.25) is 4.79 Å². The molecule has 1 aliphatic rings. The van der Waals surface area contributed by atoms with Crippen LogP contribution in [0.5, 0.6) is 0 Å². The Morgan fingerprint density at radius 1 is 1.77 bits per heavy atom. The lowest BCUT2D eigenvalue weighted by molar-refractivity contribution is -0.175. The Labute approximate surface area is 87.8 Å². The molecule has 74 valence electrons. The van der Waals surface area contributed by atoms with Crippen molar-refractivity contribution in [3.8, 4) is 0 Å². The molecule has 3 nitrogen and oxygen atoms in total. The van der Waals surface area contributed by atoms with Gasteiger partial charge < -0.3 is 4.84 Å². The van der Waals surface area contributed by atoms with Gasteiger partial charge in [0, 0.05) is 12.7 Å². The van der Waals surface area contributed by atoms with Crippen molar-refractivity contribution in [1.82, 2.24) is 5.06 Å². The molecule has 13 heavy (non-hydrogen) atoms. The molecule has 0 spiro atoms. The van der Waals surface area contributed by atoms with Crippen molar-refractivity contribution in [1.29, 1.82) is 0 Å². The van der Waals surface area contributed by atoms with Crippen molar-refractivity contribution in [3.05, 3.63) is 0 Å². The molecule has 0 N–H and O–H groups in total. The van der Waals surface area contributed by atoms with Crippen LogP contribution >= 0.6 is 24.0 Å². The highest BCUT2D eigenvalue weighted by Crippen LogP contribution is 2.28. The molecule has 5 heteroatoms. The lowest BCUT2D eigenvalue weighted by Crippen LogP contribution is -2.38. The van der Waals surface area contributed by atoms with Crippen LogP contribution in [-0.4, -0.2) is 27.1 Å². The van der Waals surface area contributed by atoms with E-state index in [0.29, 0.717) is 10.2 Å². The topological polar surface area (TPSA) is 29.5 Å². The second-order valence-electron chi connectivity index (χ2n) is 3.30. The third-order valence-corrected chi connectivity index (χ3v) is 3.32. The number of thioether (sulfide) groups is 1. The molecule has 0 bridgehead atoms. The number of hydrogen-bond donors (Lipinski definition) is 0. The summed E-state index contributed by atoms with van der Waals surface area (Å²) in [5, 5.41) is 1.56. The highest BCUT2D eigenvalue weighted by molar-refractivity contribution is 8.23. The SMILES string of the molecule is CC(=O)ON1C(=S)SC[C@@H]1C(C)C. The van der Waals surface area contributed by atoms with Crippen molar-refractivity contribution < 1.29 is 9.63 Å². The maximum atomic E-state index is 10.8. The van der Waals surface area contributed by atoms with E-state index in [4.69, 9.17) is 17.1 Å². The number of carbonyl (C=O) groups excluding carboxylic acids is 1. The predicted molar refractivity (Wildman–Crippen MR) is 57.3 cm³/mol. The van der Waals surface area contributed by atoms with Crippen LogP contribution in [0.2, 0.25) is 0 Å². The second kappa shape index (κ2) is 4.28. The molecule has 1 rings (SSSR count). The van der Waals surface area contributed by atoms with E-state index >= 15 is 0 Å². The zero-order chi connectivity index (χ0) is 10.0. The first-order valence-electron chi connectivity index (χ1n) is 4.17. The smallest absolute Gasteiger partial charge is 0.329 e. The maximum absolute atomic E-state index is 10.8. The molecule has 0 unspecified atom stereocenters. The Balaban J connectivity index is 2.65. The first-order valence-corrected chi connectivity index (χ1v) is 5.56. The molecule has 0 aromatic rings. The van der Waals surface area contributed by atoms with E-state index < -0.39 is 0 Å². The lowest BCUT2D eigenvalue weighted by Gasteiger charge is -2.25. The summed E-state index contributed by atoms with van der Waals surface area (Å²) in [4.78, 5) is 15.8. The van der Waals surface area contributed by atoms with Crippen LogP contribution < -0.4 is 0 Å². The molecule has 1 fully saturated rings. The molecule has 0 saturated carbocycles. The van der Waals surface area contributed by atoms with E-state index in [2.05, 4.69) is 13.8 Å². The van der Waals surface area contributed by atoms with Gasteiger partial charge in [-0.1, -0.05) is 25.6 Å². The molecule has 1 atom stereocenters. The Bertz CT molecular complexity index is 230. The van der Waals surface area contributed by atoms with Crippen LogP contribution in [0.3, 0.4) is 0 Å². The monoisotopic (exact) mass is 219 g/mol. The van der Waals surface area contributed by atoms with Crippen molar-refractivity contribution in [3.63, 3.8) is 0 Å². The van der Waals surface area contributed by atoms with Crippen molar-refractivity contribution in [2.24, 2.45) is 5.92 Å². The molecule has 0 aliphatic carbocycles. The zero-order valence-electron chi connectivity index (χ0n) is 7.94. The molecular formula is C8H13NO2S2. The Hall–Kier alpha value is -0.290. The number of hydroxylamine groups is 2. The van der Waals surface area contributed by atoms with Gasteiger partial charge in [-0.2, -0.15) is 5.06 Å². The summed E-state index contributed by atoms with van der Waals surface area (Å²) in [5.74, 6) is 1.03. The molecule has 0 aromatic heterocycles. The summed E-state index contributed by atoms with van der Waals surface area (Å²) in [6.07, 6.45) is 0. The second-order valence-corrected chi connectivity index (χ2v) is 4.95. The quantitative estimate of drug-likeness (QED) is 0.661. The fraction of sp³-hybridized carbons (Fsp3) is 0.750. The summed E-state index contributed by atoms with van der Waals surface area (Å²) >= 11 is 6.63. The summed E-state index contributed by atoms with van der Waals surface area (Å²) < 4.78 is 0.661. The Morgan fingerprint density at radius 2 is 2.38 bits per heavy atom. The molecule has 1 aliphatic heterocycles. The minimum Gasteiger partial charge on any atom is -0.340 e. The van der Waals surface area contributed by atoms with Crippen molar-refractivity contribution in [2.45, 2.75) is 26.8 Å². The zero-order valence-corrected chi connectivity index (χ0v) is 9.58. The van der Waals surface area contributed by atoms with Crippen LogP contribution in [0.1, 0.15) is 20.8 Å². The standard InChI is InChI=1S/C8H13NO2S2/c1-5(2)7-4-13-8(12)9(7)11-6(3)10/h5,7H,4H2,1-3H3/t7-/m1/s1. The van der Waals surface area contributed by atoms with Gasteiger partial charge in [0.25, 0.3) is 0 Å². The summed E-state index contributed by atoms with van der Waals surface area (Å²) in [7, 11) is 0. The summed E-state index contributed by atoms with van der Waals surface area (Å²) in [5.41, 5.74) is 0. The number of hydrogen-bond acceptors (Lipinski definition) is 4. The molecule has 0 radical (unpaired) electrons. The van der Waals surface area contributed by atoms with Crippen molar-refractivity contribution in [2.75, 3.05) is 5.75 Å². The van der Waals surface area contributed by atoms with Crippen LogP contribution in [0.15, 0.2) is 0 Å². The van der Waals surface area contributed by atoms with Gasteiger partial charge in [0.1, 0.15) is 0 Å². The molecular weight excluding hydrogens is 206 g/mol. The molecule has 1 saturated heterocycles. The van der Waals surface area contributed by atoms with E-state index in [1.807, 2.05) is 0 Å².